The Labute approximate surface area is 143 Å². The summed E-state index contributed by atoms with van der Waals surface area (Å²) in [6.45, 7) is 1.03. The molecule has 0 unspecified atom stereocenters. The maximum atomic E-state index is 12.9. The van der Waals surface area contributed by atoms with Gasteiger partial charge in [0, 0.05) is 12.1 Å². The van der Waals surface area contributed by atoms with Gasteiger partial charge < -0.3 is 10.6 Å². The number of nitrogens with one attached hydrogen (secondary N) is 2. The molecule has 24 heavy (non-hydrogen) atoms. The third kappa shape index (κ3) is 3.49. The molecule has 1 aromatic rings. The Bertz CT molecular complexity index is 563. The molecule has 0 radical (unpaired) electrons. The topological polar surface area (TPSA) is 41.1 Å². The first-order chi connectivity index (χ1) is 11.6. The van der Waals surface area contributed by atoms with Crippen LogP contribution in [0.5, 0.6) is 0 Å². The van der Waals surface area contributed by atoms with Gasteiger partial charge in [-0.2, -0.15) is 0 Å². The second-order valence-corrected chi connectivity index (χ2v) is 8.28. The average Bonchev–Trinajstić information content (AvgIpc) is 2.54. The lowest BCUT2D eigenvalue weighted by Crippen LogP contribution is -2.59. The lowest BCUT2D eigenvalue weighted by atomic mass is 9.53. The molecule has 0 saturated heterocycles. The summed E-state index contributed by atoms with van der Waals surface area (Å²) in [6, 6.07) is 6.47. The van der Waals surface area contributed by atoms with Gasteiger partial charge in [-0.15, -0.1) is 0 Å². The molecule has 0 aliphatic heterocycles. The van der Waals surface area contributed by atoms with Crippen LogP contribution in [-0.4, -0.2) is 24.5 Å². The van der Waals surface area contributed by atoms with Gasteiger partial charge in [-0.1, -0.05) is 12.1 Å². The van der Waals surface area contributed by atoms with Gasteiger partial charge in [-0.05, 0) is 80.4 Å². The van der Waals surface area contributed by atoms with E-state index in [2.05, 4.69) is 10.6 Å². The summed E-state index contributed by atoms with van der Waals surface area (Å²) in [5.41, 5.74) is 1.29. The summed E-state index contributed by atoms with van der Waals surface area (Å²) >= 11 is 0. The minimum Gasteiger partial charge on any atom is -0.355 e. The van der Waals surface area contributed by atoms with Crippen LogP contribution in [0, 0.1) is 23.6 Å². The van der Waals surface area contributed by atoms with E-state index in [4.69, 9.17) is 0 Å². The quantitative estimate of drug-likeness (QED) is 0.842. The molecule has 2 N–H and O–H groups in total. The maximum absolute atomic E-state index is 12.9. The first-order valence-electron chi connectivity index (χ1n) is 9.36. The second-order valence-electron chi connectivity index (χ2n) is 8.28. The molecule has 4 aliphatic carbocycles. The lowest BCUT2D eigenvalue weighted by Gasteiger charge is -2.57. The van der Waals surface area contributed by atoms with Crippen molar-refractivity contribution in [3.8, 4) is 0 Å². The Morgan fingerprint density at radius 3 is 2.21 bits per heavy atom. The van der Waals surface area contributed by atoms with Crippen molar-refractivity contribution >= 4 is 5.91 Å². The first-order valence-corrected chi connectivity index (χ1v) is 9.36. The van der Waals surface area contributed by atoms with E-state index in [1.165, 1.54) is 50.7 Å². The van der Waals surface area contributed by atoms with Gasteiger partial charge in [0.05, 0.1) is 6.54 Å². The van der Waals surface area contributed by atoms with Crippen molar-refractivity contribution < 1.29 is 9.18 Å². The number of hydrogen-bond acceptors (Lipinski definition) is 2. The van der Waals surface area contributed by atoms with Gasteiger partial charge in [0.25, 0.3) is 0 Å². The van der Waals surface area contributed by atoms with Crippen LogP contribution >= 0.6 is 0 Å². The largest absolute Gasteiger partial charge is 0.355 e. The highest BCUT2D eigenvalue weighted by molar-refractivity contribution is 5.78. The number of amides is 1. The van der Waals surface area contributed by atoms with Crippen LogP contribution in [0.2, 0.25) is 0 Å². The summed E-state index contributed by atoms with van der Waals surface area (Å²) in [4.78, 5) is 12.1. The summed E-state index contributed by atoms with van der Waals surface area (Å²) in [7, 11) is 0. The predicted molar refractivity (Wildman–Crippen MR) is 92.0 cm³/mol. The molecule has 3 nitrogen and oxygen atoms in total. The first kappa shape index (κ1) is 16.1. The van der Waals surface area contributed by atoms with Crippen LogP contribution in [0.15, 0.2) is 24.3 Å². The summed E-state index contributed by atoms with van der Waals surface area (Å²) in [5, 5.41) is 6.60. The van der Waals surface area contributed by atoms with E-state index in [0.29, 0.717) is 13.1 Å². The van der Waals surface area contributed by atoms with E-state index < -0.39 is 0 Å². The van der Waals surface area contributed by atoms with E-state index in [-0.39, 0.29) is 17.3 Å². The Morgan fingerprint density at radius 2 is 1.62 bits per heavy atom. The zero-order valence-corrected chi connectivity index (χ0v) is 14.2. The average molecular weight is 330 g/mol. The summed E-state index contributed by atoms with van der Waals surface area (Å²) < 4.78 is 12.9. The molecule has 4 aliphatic rings. The molecular weight excluding hydrogens is 303 g/mol. The molecule has 5 rings (SSSR count). The van der Waals surface area contributed by atoms with Gasteiger partial charge >= 0.3 is 0 Å². The zero-order valence-electron chi connectivity index (χ0n) is 14.2. The highest BCUT2D eigenvalue weighted by atomic mass is 19.1. The molecule has 4 heteroatoms. The van der Waals surface area contributed by atoms with Crippen molar-refractivity contribution in [2.24, 2.45) is 17.8 Å². The Kier molecular flexibility index (Phi) is 4.33. The molecule has 1 amide bonds. The van der Waals surface area contributed by atoms with Gasteiger partial charge in [-0.25, -0.2) is 4.39 Å². The van der Waals surface area contributed by atoms with Crippen molar-refractivity contribution in [1.82, 2.24) is 10.6 Å². The molecule has 0 spiro atoms. The monoisotopic (exact) mass is 330 g/mol. The molecule has 4 saturated carbocycles. The van der Waals surface area contributed by atoms with Gasteiger partial charge in [0.15, 0.2) is 0 Å². The van der Waals surface area contributed by atoms with E-state index in [9.17, 15) is 9.18 Å². The molecule has 130 valence electrons. The number of carbonyl (C=O) groups is 1. The second kappa shape index (κ2) is 6.47. The van der Waals surface area contributed by atoms with Gasteiger partial charge in [-0.3, -0.25) is 4.79 Å². The molecule has 4 bridgehead atoms. The van der Waals surface area contributed by atoms with Crippen molar-refractivity contribution in [1.29, 1.82) is 0 Å². The van der Waals surface area contributed by atoms with Crippen molar-refractivity contribution in [3.63, 3.8) is 0 Å². The number of halogens is 1. The lowest BCUT2D eigenvalue weighted by molar-refractivity contribution is -0.121. The van der Waals surface area contributed by atoms with Gasteiger partial charge in [0.2, 0.25) is 5.91 Å². The number of benzene rings is 1. The fraction of sp³-hybridized carbons (Fsp3) is 0.650. The predicted octanol–water partition coefficient (Wildman–Crippen LogP) is 3.04. The maximum Gasteiger partial charge on any atom is 0.233 e. The number of rotatable bonds is 6. The Balaban J connectivity index is 1.22. The highest BCUT2D eigenvalue weighted by Crippen LogP contribution is 2.55. The number of hydrogen-bond donors (Lipinski definition) is 2. The van der Waals surface area contributed by atoms with Crippen LogP contribution in [-0.2, 0) is 11.2 Å². The molecule has 0 heterocycles. The van der Waals surface area contributed by atoms with E-state index in [1.807, 2.05) is 0 Å². The summed E-state index contributed by atoms with van der Waals surface area (Å²) in [6.07, 6.45) is 8.80. The number of carbonyl (C=O) groups excluding carboxylic acids is 1. The fourth-order valence-corrected chi connectivity index (χ4v) is 5.65. The molecule has 0 atom stereocenters. The Hall–Kier alpha value is -1.42. The third-order valence-electron chi connectivity index (χ3n) is 6.31. The molecular formula is C20H27FN2O. The van der Waals surface area contributed by atoms with Crippen LogP contribution in [0.3, 0.4) is 0 Å². The molecule has 0 aromatic heterocycles. The SMILES string of the molecule is O=C(CNC12CC3CC(CC(C3)C1)C2)NCCc1ccc(F)cc1. The van der Waals surface area contributed by atoms with E-state index in [0.717, 1.165) is 29.7 Å². The summed E-state index contributed by atoms with van der Waals surface area (Å²) in [5.74, 6) is 2.54. The van der Waals surface area contributed by atoms with Crippen LogP contribution in [0.4, 0.5) is 4.39 Å². The standard InChI is InChI=1S/C20H27FN2O/c21-18-3-1-14(2-4-18)5-6-22-19(24)13-23-20-10-15-7-16(11-20)9-17(8-15)12-20/h1-4,15-17,23H,5-13H2,(H,22,24). The van der Waals surface area contributed by atoms with Crippen molar-refractivity contribution in [2.75, 3.05) is 13.1 Å². The van der Waals surface area contributed by atoms with Crippen molar-refractivity contribution in [2.45, 2.75) is 50.5 Å². The minimum absolute atomic E-state index is 0.0767. The zero-order chi connectivity index (χ0) is 16.6. The van der Waals surface area contributed by atoms with E-state index >= 15 is 0 Å². The third-order valence-corrected chi connectivity index (χ3v) is 6.31. The highest BCUT2D eigenvalue weighted by Gasteiger charge is 2.50. The van der Waals surface area contributed by atoms with Crippen LogP contribution in [0.25, 0.3) is 0 Å². The van der Waals surface area contributed by atoms with Crippen molar-refractivity contribution in [3.05, 3.63) is 35.6 Å². The van der Waals surface area contributed by atoms with E-state index in [1.54, 1.807) is 12.1 Å². The normalized spacial score (nSPS) is 33.6. The minimum atomic E-state index is -0.220. The fourth-order valence-electron chi connectivity index (χ4n) is 5.65. The molecule has 4 fully saturated rings. The Morgan fingerprint density at radius 1 is 1.04 bits per heavy atom. The van der Waals surface area contributed by atoms with Crippen LogP contribution < -0.4 is 10.6 Å². The van der Waals surface area contributed by atoms with Gasteiger partial charge in [0.1, 0.15) is 5.82 Å². The van der Waals surface area contributed by atoms with Crippen LogP contribution in [0.1, 0.15) is 44.1 Å². The smallest absolute Gasteiger partial charge is 0.233 e. The molecule has 1 aromatic carbocycles.